The van der Waals surface area contributed by atoms with Gasteiger partial charge in [0.25, 0.3) is 5.91 Å². The van der Waals surface area contributed by atoms with Crippen molar-refractivity contribution in [2.24, 2.45) is 0 Å². The van der Waals surface area contributed by atoms with Crippen molar-refractivity contribution in [3.05, 3.63) is 203 Å². The van der Waals surface area contributed by atoms with Crippen molar-refractivity contribution in [3.8, 4) is 22.5 Å². The number of nitrogen functional groups attached to an aromatic ring is 1. The highest BCUT2D eigenvalue weighted by Crippen LogP contribution is 2.41. The minimum Gasteiger partial charge on any atom is -0.478 e. The zero-order valence-corrected chi connectivity index (χ0v) is 50.2. The van der Waals surface area contributed by atoms with E-state index in [1.807, 2.05) is 99.5 Å². The number of benzene rings is 6. The molecule has 0 fully saturated rings. The van der Waals surface area contributed by atoms with Crippen LogP contribution in [0.2, 0.25) is 0 Å². The fraction of sp³-hybridized carbons (Fsp3) is 0.182. The van der Waals surface area contributed by atoms with Gasteiger partial charge in [0, 0.05) is 77.2 Å². The number of nitrogens with zero attached hydrogens (tertiary/aromatic N) is 10. The van der Waals surface area contributed by atoms with Crippen molar-refractivity contribution in [2.75, 3.05) is 85.9 Å². The van der Waals surface area contributed by atoms with Crippen molar-refractivity contribution in [2.45, 2.75) is 26.9 Å². The Kier molecular flexibility index (Phi) is 19.0. The molecule has 4 aromatic heterocycles. The van der Waals surface area contributed by atoms with Gasteiger partial charge in [-0.3, -0.25) is 4.79 Å². The number of nitrogens with two attached hydrogens (primary N) is 1. The molecule has 0 saturated carbocycles. The molecule has 91 heavy (non-hydrogen) atoms. The first-order valence-corrected chi connectivity index (χ1v) is 28.6. The molecule has 6 aromatic carbocycles. The summed E-state index contributed by atoms with van der Waals surface area (Å²) in [5.74, 6) is -3.87. The number of likely N-dealkylation sites (N-methyl/N-ethyl adjacent to an activating group) is 2. The molecular weight excluding hydrogens is 1170 g/mol. The van der Waals surface area contributed by atoms with Crippen LogP contribution in [0.3, 0.4) is 0 Å². The fourth-order valence-corrected chi connectivity index (χ4v) is 9.99. The van der Waals surface area contributed by atoms with Gasteiger partial charge in [-0.25, -0.2) is 61.7 Å². The van der Waals surface area contributed by atoms with Crippen LogP contribution in [-0.2, 0) is 13.1 Å². The molecule has 464 valence electrons. The van der Waals surface area contributed by atoms with Gasteiger partial charge in [-0.05, 0) is 125 Å². The molecule has 2 aliphatic heterocycles. The summed E-state index contributed by atoms with van der Waals surface area (Å²) >= 11 is 0. The van der Waals surface area contributed by atoms with Crippen LogP contribution < -0.4 is 42.1 Å². The summed E-state index contributed by atoms with van der Waals surface area (Å²) in [5.41, 5.74) is 9.01. The van der Waals surface area contributed by atoms with E-state index < -0.39 is 52.7 Å². The molecule has 25 heteroatoms. The van der Waals surface area contributed by atoms with Crippen LogP contribution in [0, 0.1) is 37.1 Å². The Hall–Kier alpha value is -11.2. The van der Waals surface area contributed by atoms with Crippen molar-refractivity contribution in [1.29, 1.82) is 0 Å². The third kappa shape index (κ3) is 14.2. The number of carbonyl (C=O) groups is 4. The summed E-state index contributed by atoms with van der Waals surface area (Å²) in [7, 11) is 7.63. The third-order valence-corrected chi connectivity index (χ3v) is 14.7. The molecule has 2 aliphatic rings. The first-order valence-electron chi connectivity index (χ1n) is 28.6. The Morgan fingerprint density at radius 2 is 0.989 bits per heavy atom. The summed E-state index contributed by atoms with van der Waals surface area (Å²) in [6, 6.07) is 34.4. The Labute approximate surface area is 520 Å². The van der Waals surface area contributed by atoms with Crippen LogP contribution in [0.15, 0.2) is 146 Å². The van der Waals surface area contributed by atoms with Crippen molar-refractivity contribution < 1.29 is 41.8 Å². The van der Waals surface area contributed by atoms with Gasteiger partial charge in [0.05, 0.1) is 30.0 Å². The number of para-hydroxylation sites is 2. The number of amides is 5. The predicted octanol–water partition coefficient (Wildman–Crippen LogP) is 11.4. The predicted molar refractivity (Wildman–Crippen MR) is 343 cm³/mol. The minimum absolute atomic E-state index is 0.00488. The monoisotopic (exact) mass is 1230 g/mol. The van der Waals surface area contributed by atoms with Crippen LogP contribution in [0.1, 0.15) is 43.0 Å². The number of urea groups is 2. The van der Waals surface area contributed by atoms with E-state index in [4.69, 9.17) is 10.7 Å². The number of halogens is 4. The van der Waals surface area contributed by atoms with Gasteiger partial charge in [-0.2, -0.15) is 9.97 Å². The second-order valence-electron chi connectivity index (χ2n) is 21.7. The normalized spacial score (nSPS) is 12.5. The van der Waals surface area contributed by atoms with Crippen molar-refractivity contribution in [1.82, 2.24) is 50.3 Å². The summed E-state index contributed by atoms with van der Waals surface area (Å²) in [6.07, 6.45) is 3.48. The number of aryl methyl sites for hydroxylation is 2. The van der Waals surface area contributed by atoms with E-state index in [1.165, 1.54) is 24.3 Å². The summed E-state index contributed by atoms with van der Waals surface area (Å²) in [4.78, 5) is 83.4. The highest BCUT2D eigenvalue weighted by Gasteiger charge is 2.36. The maximum Gasteiger partial charge on any atom is 0.335 e. The van der Waals surface area contributed by atoms with E-state index in [2.05, 4.69) is 51.5 Å². The Bertz CT molecular complexity index is 4400. The van der Waals surface area contributed by atoms with Gasteiger partial charge >= 0.3 is 18.0 Å². The first-order chi connectivity index (χ1) is 43.7. The van der Waals surface area contributed by atoms with Crippen LogP contribution >= 0.6 is 0 Å². The lowest BCUT2D eigenvalue weighted by molar-refractivity contribution is 0.0696. The Morgan fingerprint density at radius 1 is 0.560 bits per heavy atom. The number of hydrogen-bond acceptors (Lipinski definition) is 15. The standard InChI is InChI=1S/C33H30F2N8O2.C24H24F2N6O3.C9H8N2/c1-19-11-12-21(31(44)39-27-16-20-7-4-5-8-22(20)17-37-27)15-23(19)28-24-18-38-33(45)43(29-25(34)9-6-10-26(29)35)30(24)41-32(40-28)36-13-14-42(2)3;1-13-7-8-14(22(33)34)11-15(13)19-16-12-28-24(35)32(20-17(25)5-4-6-18(20)26)21(16)30-23(29-19)27-9-10-31(2)3;10-9-5-7-3-1-2-4-8(7)6-11-9/h4-12,15-17H,13-14,18H2,1-3H3,(H,38,45)(H,36,40,41)(H,37,39,44);4-8,11H,9-10,12H2,1-3H3,(H,28,35)(H,33,34)(H,27,29,30);1-6H,(H2,10,11). The maximum absolute atomic E-state index is 15.0. The molecule has 10 aromatic rings. The number of pyridine rings is 2. The molecule has 6 heterocycles. The lowest BCUT2D eigenvalue weighted by atomic mass is 9.97. The lowest BCUT2D eigenvalue weighted by Crippen LogP contribution is -2.43. The molecule has 0 radical (unpaired) electrons. The highest BCUT2D eigenvalue weighted by atomic mass is 19.1. The van der Waals surface area contributed by atoms with Gasteiger partial charge in [-0.1, -0.05) is 72.8 Å². The average molecular weight is 1240 g/mol. The van der Waals surface area contributed by atoms with Gasteiger partial charge in [0.2, 0.25) is 11.9 Å². The number of fused-ring (bicyclic) bond motifs is 4. The third-order valence-electron chi connectivity index (χ3n) is 14.7. The number of hydrogen-bond donors (Lipinski definition) is 7. The molecule has 8 N–H and O–H groups in total. The number of aromatic nitrogens is 6. The van der Waals surface area contributed by atoms with Crippen LogP contribution in [0.5, 0.6) is 0 Å². The number of carboxylic acids is 1. The highest BCUT2D eigenvalue weighted by molar-refractivity contribution is 6.06. The molecule has 0 saturated heterocycles. The first kappa shape index (κ1) is 62.9. The molecule has 21 nitrogen and oxygen atoms in total. The minimum atomic E-state index is -1.11. The van der Waals surface area contributed by atoms with Crippen LogP contribution in [-0.4, -0.2) is 123 Å². The molecular formula is C66H62F4N16O5. The molecule has 12 rings (SSSR count). The Balaban J connectivity index is 0.000000174. The Morgan fingerprint density at radius 3 is 1.45 bits per heavy atom. The number of nitrogens with one attached hydrogen (secondary N) is 5. The number of anilines is 8. The van der Waals surface area contributed by atoms with Gasteiger partial charge in [-0.15, -0.1) is 0 Å². The van der Waals surface area contributed by atoms with Crippen LogP contribution in [0.4, 0.5) is 73.7 Å². The largest absolute Gasteiger partial charge is 0.478 e. The summed E-state index contributed by atoms with van der Waals surface area (Å²) in [5, 5.41) is 28.1. The van der Waals surface area contributed by atoms with Gasteiger partial charge in [0.1, 0.15) is 46.3 Å². The number of aromatic carboxylic acids is 1. The smallest absolute Gasteiger partial charge is 0.335 e. The van der Waals surface area contributed by atoms with Crippen molar-refractivity contribution >= 4 is 92.0 Å². The zero-order valence-electron chi connectivity index (χ0n) is 50.2. The topological polar surface area (TPSA) is 265 Å². The van der Waals surface area contributed by atoms with E-state index >= 15 is 8.78 Å². The second-order valence-corrected chi connectivity index (χ2v) is 21.7. The summed E-state index contributed by atoms with van der Waals surface area (Å²) < 4.78 is 59.5. The van der Waals surface area contributed by atoms with Gasteiger partial charge in [0.15, 0.2) is 11.6 Å². The molecule has 0 aliphatic carbocycles. The lowest BCUT2D eigenvalue weighted by Gasteiger charge is -2.31. The van der Waals surface area contributed by atoms with E-state index in [0.717, 1.165) is 66.7 Å². The molecule has 0 atom stereocenters. The number of carboxylic acid groups (broad SMARTS) is 1. The fourth-order valence-electron chi connectivity index (χ4n) is 9.99. The number of carbonyl (C=O) groups excluding carboxylic acids is 3. The maximum atomic E-state index is 15.0. The molecule has 0 spiro atoms. The second kappa shape index (κ2) is 27.5. The molecule has 0 bridgehead atoms. The van der Waals surface area contributed by atoms with E-state index in [0.29, 0.717) is 77.0 Å². The van der Waals surface area contributed by atoms with Gasteiger partial charge < -0.3 is 47.2 Å². The molecule has 0 unspecified atom stereocenters. The number of rotatable bonds is 15. The van der Waals surface area contributed by atoms with E-state index in [-0.39, 0.29) is 48.1 Å². The van der Waals surface area contributed by atoms with E-state index in [9.17, 15) is 33.1 Å². The average Bonchev–Trinajstić information content (AvgIpc) is 0.765. The quantitative estimate of drug-likeness (QED) is 0.0471. The molecule has 5 amide bonds. The SMILES string of the molecule is Cc1ccc(C(=O)Nc2cc3ccccc3cn2)cc1-c1nc(NCCN(C)C)nc2c1CNC(=O)N2c1c(F)cccc1F.Cc1ccc(C(=O)O)cc1-c1nc(NCCN(C)C)nc2c1CNC(=O)N2c1c(F)cccc1F.Nc1cc2ccccc2cn1. The van der Waals surface area contributed by atoms with Crippen molar-refractivity contribution in [3.63, 3.8) is 0 Å². The van der Waals surface area contributed by atoms with E-state index in [1.54, 1.807) is 49.6 Å². The summed E-state index contributed by atoms with van der Waals surface area (Å²) in [6.45, 7) is 5.88. The van der Waals surface area contributed by atoms with Crippen LogP contribution in [0.25, 0.3) is 44.1 Å². The zero-order chi connectivity index (χ0) is 64.6.